The third-order valence-electron chi connectivity index (χ3n) is 4.28. The molecule has 0 aromatic rings. The van der Waals surface area contributed by atoms with Gasteiger partial charge in [0.2, 0.25) is 0 Å². The molecule has 2 aliphatic heterocycles. The smallest absolute Gasteiger partial charge is 0.251 e. The van der Waals surface area contributed by atoms with Gasteiger partial charge in [-0.2, -0.15) is 0 Å². The molecule has 0 bridgehead atoms. The summed E-state index contributed by atoms with van der Waals surface area (Å²) in [5.41, 5.74) is 0. The van der Waals surface area contributed by atoms with E-state index in [1.165, 1.54) is 38.8 Å². The molecule has 1 atom stereocenters. The molecule has 4 heteroatoms. The average molecular weight is 268 g/mol. The number of carbonyl (C=O) groups excluding carboxylic acids is 1. The van der Waals surface area contributed by atoms with E-state index >= 15 is 0 Å². The highest BCUT2D eigenvalue weighted by Gasteiger charge is 2.25. The minimum atomic E-state index is -0.178. The fourth-order valence-electron chi connectivity index (χ4n) is 2.94. The summed E-state index contributed by atoms with van der Waals surface area (Å²) < 4.78 is 5.57. The molecule has 2 rings (SSSR count). The van der Waals surface area contributed by atoms with E-state index in [0.29, 0.717) is 0 Å². The third-order valence-corrected chi connectivity index (χ3v) is 4.28. The van der Waals surface area contributed by atoms with E-state index in [0.717, 1.165) is 39.0 Å². The molecule has 0 spiro atoms. The van der Waals surface area contributed by atoms with Crippen molar-refractivity contribution in [2.45, 2.75) is 51.0 Å². The largest absolute Gasteiger partial charge is 0.368 e. The first kappa shape index (κ1) is 14.8. The lowest BCUT2D eigenvalue weighted by Crippen LogP contribution is -2.43. The topological polar surface area (TPSA) is 32.8 Å². The van der Waals surface area contributed by atoms with Gasteiger partial charge in [-0.05, 0) is 45.2 Å². The Morgan fingerprint density at radius 3 is 2.53 bits per heavy atom. The number of rotatable bonds is 4. The van der Waals surface area contributed by atoms with Crippen molar-refractivity contribution in [3.05, 3.63) is 0 Å². The maximum atomic E-state index is 12.2. The summed E-state index contributed by atoms with van der Waals surface area (Å²) in [7, 11) is 1.91. The van der Waals surface area contributed by atoms with E-state index in [-0.39, 0.29) is 12.0 Å². The summed E-state index contributed by atoms with van der Waals surface area (Å²) in [5, 5.41) is 0. The molecule has 0 aromatic heterocycles. The SMILES string of the molecule is CN(CCN1CCCCCC1)C(=O)C1CCCCO1. The number of ether oxygens (including phenoxy) is 1. The van der Waals surface area contributed by atoms with Gasteiger partial charge in [0.1, 0.15) is 6.10 Å². The van der Waals surface area contributed by atoms with Crippen molar-refractivity contribution in [3.63, 3.8) is 0 Å². The maximum absolute atomic E-state index is 12.2. The van der Waals surface area contributed by atoms with E-state index in [4.69, 9.17) is 4.74 Å². The molecule has 2 aliphatic rings. The third kappa shape index (κ3) is 4.77. The summed E-state index contributed by atoms with van der Waals surface area (Å²) in [4.78, 5) is 16.6. The van der Waals surface area contributed by atoms with Crippen LogP contribution < -0.4 is 0 Å². The summed E-state index contributed by atoms with van der Waals surface area (Å²) in [6.07, 6.45) is 8.28. The van der Waals surface area contributed by atoms with Crippen molar-refractivity contribution in [3.8, 4) is 0 Å². The lowest BCUT2D eigenvalue weighted by molar-refractivity contribution is -0.145. The molecule has 2 fully saturated rings. The Morgan fingerprint density at radius 2 is 1.89 bits per heavy atom. The van der Waals surface area contributed by atoms with Crippen molar-refractivity contribution in [2.75, 3.05) is 39.8 Å². The highest BCUT2D eigenvalue weighted by molar-refractivity contribution is 5.80. The predicted molar refractivity (Wildman–Crippen MR) is 76.1 cm³/mol. The van der Waals surface area contributed by atoms with Crippen LogP contribution in [0.5, 0.6) is 0 Å². The van der Waals surface area contributed by atoms with Gasteiger partial charge in [-0.25, -0.2) is 0 Å². The van der Waals surface area contributed by atoms with Crippen molar-refractivity contribution >= 4 is 5.91 Å². The lowest BCUT2D eigenvalue weighted by Gasteiger charge is -2.28. The zero-order chi connectivity index (χ0) is 13.5. The van der Waals surface area contributed by atoms with Gasteiger partial charge in [-0.15, -0.1) is 0 Å². The van der Waals surface area contributed by atoms with Crippen molar-refractivity contribution in [1.29, 1.82) is 0 Å². The molecule has 4 nitrogen and oxygen atoms in total. The van der Waals surface area contributed by atoms with E-state index in [1.807, 2.05) is 11.9 Å². The molecule has 19 heavy (non-hydrogen) atoms. The molecular weight excluding hydrogens is 240 g/mol. The molecule has 0 aromatic carbocycles. The van der Waals surface area contributed by atoms with Crippen LogP contribution in [-0.4, -0.2) is 61.6 Å². The molecule has 0 saturated carbocycles. The summed E-state index contributed by atoms with van der Waals surface area (Å²) in [6, 6.07) is 0. The number of hydrogen-bond donors (Lipinski definition) is 0. The Morgan fingerprint density at radius 1 is 1.16 bits per heavy atom. The number of nitrogens with zero attached hydrogens (tertiary/aromatic N) is 2. The van der Waals surface area contributed by atoms with Crippen LogP contribution in [0.2, 0.25) is 0 Å². The van der Waals surface area contributed by atoms with Gasteiger partial charge >= 0.3 is 0 Å². The number of likely N-dealkylation sites (tertiary alicyclic amines) is 1. The zero-order valence-electron chi connectivity index (χ0n) is 12.3. The molecule has 2 heterocycles. The van der Waals surface area contributed by atoms with Crippen molar-refractivity contribution in [1.82, 2.24) is 9.80 Å². The van der Waals surface area contributed by atoms with Gasteiger partial charge in [-0.3, -0.25) is 4.79 Å². The second-order valence-electron chi connectivity index (χ2n) is 5.87. The van der Waals surface area contributed by atoms with Gasteiger partial charge < -0.3 is 14.5 Å². The van der Waals surface area contributed by atoms with Crippen LogP contribution in [0.4, 0.5) is 0 Å². The zero-order valence-corrected chi connectivity index (χ0v) is 12.3. The average Bonchev–Trinajstić information content (AvgIpc) is 2.73. The Hall–Kier alpha value is -0.610. The summed E-state index contributed by atoms with van der Waals surface area (Å²) in [5.74, 6) is 0.175. The molecule has 1 amide bonds. The summed E-state index contributed by atoms with van der Waals surface area (Å²) >= 11 is 0. The molecular formula is C15H28N2O2. The van der Waals surface area contributed by atoms with Gasteiger partial charge in [-0.1, -0.05) is 12.8 Å². The first-order valence-electron chi connectivity index (χ1n) is 7.86. The standard InChI is InChI=1S/C15H28N2O2/c1-16(15(18)14-8-4-7-13-19-14)11-12-17-9-5-2-3-6-10-17/h14H,2-13H2,1H3. The quantitative estimate of drug-likeness (QED) is 0.780. The van der Waals surface area contributed by atoms with Crippen LogP contribution in [0.25, 0.3) is 0 Å². The van der Waals surface area contributed by atoms with Gasteiger partial charge in [0.15, 0.2) is 0 Å². The second kappa shape index (κ2) is 7.85. The first-order chi connectivity index (χ1) is 9.27. The fraction of sp³-hybridized carbons (Fsp3) is 0.933. The fourth-order valence-corrected chi connectivity index (χ4v) is 2.94. The second-order valence-corrected chi connectivity index (χ2v) is 5.87. The highest BCUT2D eigenvalue weighted by atomic mass is 16.5. The molecule has 1 unspecified atom stereocenters. The van der Waals surface area contributed by atoms with Crippen LogP contribution in [0.15, 0.2) is 0 Å². The lowest BCUT2D eigenvalue weighted by atomic mass is 10.1. The molecule has 0 radical (unpaired) electrons. The Balaban J connectivity index is 1.70. The number of likely N-dealkylation sites (N-methyl/N-ethyl adjacent to an activating group) is 1. The van der Waals surface area contributed by atoms with Gasteiger partial charge in [0, 0.05) is 26.7 Å². The Labute approximate surface area is 117 Å². The molecule has 110 valence electrons. The molecule has 0 aliphatic carbocycles. The van der Waals surface area contributed by atoms with Crippen LogP contribution in [0.3, 0.4) is 0 Å². The normalized spacial score (nSPS) is 25.8. The number of carbonyl (C=O) groups is 1. The Bertz CT molecular complexity index is 269. The predicted octanol–water partition coefficient (Wildman–Crippen LogP) is 1.89. The van der Waals surface area contributed by atoms with E-state index in [2.05, 4.69) is 4.90 Å². The monoisotopic (exact) mass is 268 g/mol. The van der Waals surface area contributed by atoms with Crippen LogP contribution in [0, 0.1) is 0 Å². The van der Waals surface area contributed by atoms with Gasteiger partial charge in [0.25, 0.3) is 5.91 Å². The maximum Gasteiger partial charge on any atom is 0.251 e. The first-order valence-corrected chi connectivity index (χ1v) is 7.86. The minimum absolute atomic E-state index is 0.175. The Kier molecular flexibility index (Phi) is 6.11. The molecule has 0 N–H and O–H groups in total. The molecule has 2 saturated heterocycles. The summed E-state index contributed by atoms with van der Waals surface area (Å²) in [6.45, 7) is 4.98. The van der Waals surface area contributed by atoms with Crippen molar-refractivity contribution < 1.29 is 9.53 Å². The van der Waals surface area contributed by atoms with E-state index in [1.54, 1.807) is 0 Å². The van der Waals surface area contributed by atoms with E-state index < -0.39 is 0 Å². The highest BCUT2D eigenvalue weighted by Crippen LogP contribution is 2.15. The van der Waals surface area contributed by atoms with Crippen LogP contribution >= 0.6 is 0 Å². The minimum Gasteiger partial charge on any atom is -0.368 e. The number of amides is 1. The van der Waals surface area contributed by atoms with Gasteiger partial charge in [0.05, 0.1) is 0 Å². The van der Waals surface area contributed by atoms with Crippen LogP contribution in [0.1, 0.15) is 44.9 Å². The number of hydrogen-bond acceptors (Lipinski definition) is 3. The van der Waals surface area contributed by atoms with Crippen molar-refractivity contribution in [2.24, 2.45) is 0 Å². The van der Waals surface area contributed by atoms with E-state index in [9.17, 15) is 4.79 Å². The van der Waals surface area contributed by atoms with Crippen LogP contribution in [-0.2, 0) is 9.53 Å².